The first-order valence-electron chi connectivity index (χ1n) is 7.61. The quantitative estimate of drug-likeness (QED) is 0.705. The smallest absolute Gasteiger partial charge is 0.0657 e. The summed E-state index contributed by atoms with van der Waals surface area (Å²) in [6.07, 6.45) is 11.4. The van der Waals surface area contributed by atoms with Gasteiger partial charge in [-0.1, -0.05) is 39.5 Å². The molecule has 0 unspecified atom stereocenters. The van der Waals surface area contributed by atoms with Crippen molar-refractivity contribution in [3.8, 4) is 0 Å². The Morgan fingerprint density at radius 1 is 1.43 bits per heavy atom. The van der Waals surface area contributed by atoms with E-state index in [4.69, 9.17) is 0 Å². The summed E-state index contributed by atoms with van der Waals surface area (Å²) >= 11 is 1.77. The van der Waals surface area contributed by atoms with Gasteiger partial charge in [0.05, 0.1) is 5.71 Å². The summed E-state index contributed by atoms with van der Waals surface area (Å²) in [5, 5.41) is 0. The van der Waals surface area contributed by atoms with Crippen LogP contribution in [0.15, 0.2) is 51.9 Å². The summed E-state index contributed by atoms with van der Waals surface area (Å²) < 4.78 is 0. The van der Waals surface area contributed by atoms with Crippen LogP contribution in [-0.4, -0.2) is 44.1 Å². The molecule has 21 heavy (non-hydrogen) atoms. The second-order valence-corrected chi connectivity index (χ2v) is 5.30. The molecule has 0 aromatic rings. The van der Waals surface area contributed by atoms with Crippen molar-refractivity contribution in [3.05, 3.63) is 46.9 Å². The summed E-state index contributed by atoms with van der Waals surface area (Å²) in [6, 6.07) is 0. The van der Waals surface area contributed by atoms with Crippen LogP contribution in [0.1, 0.15) is 27.2 Å². The lowest BCUT2D eigenvalue weighted by Gasteiger charge is -2.20. The van der Waals surface area contributed by atoms with Crippen molar-refractivity contribution >= 4 is 17.5 Å². The van der Waals surface area contributed by atoms with E-state index < -0.39 is 0 Å². The topological polar surface area (TPSA) is 15.6 Å². The van der Waals surface area contributed by atoms with Crippen LogP contribution in [-0.2, 0) is 0 Å². The molecule has 0 amide bonds. The first kappa shape index (κ1) is 19.9. The molecule has 0 bridgehead atoms. The first-order chi connectivity index (χ1) is 10.2. The lowest BCUT2D eigenvalue weighted by Crippen LogP contribution is -2.20. The summed E-state index contributed by atoms with van der Waals surface area (Å²) in [6.45, 7) is 12.3. The molecule has 2 nitrogen and oxygen atoms in total. The van der Waals surface area contributed by atoms with Crippen LogP contribution in [0, 0.1) is 0 Å². The molecule has 0 saturated heterocycles. The zero-order chi connectivity index (χ0) is 16.3. The van der Waals surface area contributed by atoms with Gasteiger partial charge in [-0.15, -0.1) is 11.8 Å². The zero-order valence-electron chi connectivity index (χ0n) is 14.4. The number of nitrogens with zero attached hydrogens (tertiary/aromatic N) is 2. The molecule has 0 radical (unpaired) electrons. The van der Waals surface area contributed by atoms with Gasteiger partial charge in [0.25, 0.3) is 0 Å². The van der Waals surface area contributed by atoms with Gasteiger partial charge in [0.2, 0.25) is 0 Å². The van der Waals surface area contributed by atoms with Crippen molar-refractivity contribution in [1.29, 1.82) is 0 Å². The van der Waals surface area contributed by atoms with E-state index in [1.54, 1.807) is 11.8 Å². The van der Waals surface area contributed by atoms with Gasteiger partial charge in [-0.25, -0.2) is 0 Å². The molecule has 0 aliphatic heterocycles. The van der Waals surface area contributed by atoms with Crippen LogP contribution in [0.3, 0.4) is 0 Å². The molecule has 118 valence electrons. The van der Waals surface area contributed by atoms with Crippen LogP contribution >= 0.6 is 11.8 Å². The second kappa shape index (κ2) is 11.6. The maximum Gasteiger partial charge on any atom is 0.0657 e. The highest BCUT2D eigenvalue weighted by Gasteiger charge is 2.16. The van der Waals surface area contributed by atoms with Crippen LogP contribution in [0.4, 0.5) is 0 Å². The highest BCUT2D eigenvalue weighted by atomic mass is 32.2. The van der Waals surface area contributed by atoms with E-state index in [0.717, 1.165) is 25.2 Å². The van der Waals surface area contributed by atoms with E-state index in [-0.39, 0.29) is 0 Å². The van der Waals surface area contributed by atoms with Crippen LogP contribution in [0.25, 0.3) is 0 Å². The number of hydrogen-bond donors (Lipinski definition) is 0. The summed E-state index contributed by atoms with van der Waals surface area (Å²) in [4.78, 5) is 7.99. The molecule has 1 rings (SSSR count). The van der Waals surface area contributed by atoms with E-state index in [1.165, 1.54) is 16.1 Å². The normalized spacial score (nSPS) is 18.2. The SMILES string of the molecule is C=C/C(CCN(C)CC)=C1/C(SC)=CC=CC1=NC.CC. The third-order valence-corrected chi connectivity index (χ3v) is 4.12. The van der Waals surface area contributed by atoms with Gasteiger partial charge in [0.1, 0.15) is 0 Å². The Labute approximate surface area is 135 Å². The van der Waals surface area contributed by atoms with Crippen LogP contribution < -0.4 is 0 Å². The molecule has 0 N–H and O–H groups in total. The van der Waals surface area contributed by atoms with Crippen molar-refractivity contribution in [2.24, 2.45) is 4.99 Å². The maximum absolute atomic E-state index is 4.40. The standard InChI is InChI=1S/C16H24N2S.C2H6/c1-6-13(11-12-18(4)7-2)16-14(17-3)9-8-10-15(16)19-5;1-2/h6,8-10H,1,7,11-12H2,2-5H3;1-2H3/b16-13-,17-14?;. The van der Waals surface area contributed by atoms with Gasteiger partial charge in [-0.05, 0) is 44.0 Å². The Morgan fingerprint density at radius 3 is 2.57 bits per heavy atom. The Bertz CT molecular complexity index is 442. The lowest BCUT2D eigenvalue weighted by molar-refractivity contribution is 0.358. The number of allylic oxidation sites excluding steroid dienone is 5. The minimum absolute atomic E-state index is 1.01. The lowest BCUT2D eigenvalue weighted by atomic mass is 9.96. The molecule has 0 heterocycles. The van der Waals surface area contributed by atoms with E-state index >= 15 is 0 Å². The Morgan fingerprint density at radius 2 is 2.10 bits per heavy atom. The van der Waals surface area contributed by atoms with E-state index in [0.29, 0.717) is 0 Å². The summed E-state index contributed by atoms with van der Waals surface area (Å²) in [5.41, 5.74) is 3.59. The second-order valence-electron chi connectivity index (χ2n) is 4.45. The minimum atomic E-state index is 1.01. The third-order valence-electron chi connectivity index (χ3n) is 3.34. The van der Waals surface area contributed by atoms with Crippen molar-refractivity contribution < 1.29 is 0 Å². The number of hydrogen-bond acceptors (Lipinski definition) is 3. The Balaban J connectivity index is 0.00000191. The molecule has 0 aromatic heterocycles. The number of aliphatic imine (C=N–C) groups is 1. The highest BCUT2D eigenvalue weighted by Crippen LogP contribution is 2.30. The van der Waals surface area contributed by atoms with Gasteiger partial charge < -0.3 is 4.90 Å². The summed E-state index contributed by atoms with van der Waals surface area (Å²) in [7, 11) is 3.99. The van der Waals surface area contributed by atoms with Crippen molar-refractivity contribution in [2.45, 2.75) is 27.2 Å². The fraction of sp³-hybridized carbons (Fsp3) is 0.500. The molecule has 0 aromatic carbocycles. The maximum atomic E-state index is 4.40. The number of thioether (sulfide) groups is 1. The predicted molar refractivity (Wildman–Crippen MR) is 100 cm³/mol. The Hall–Kier alpha value is -1.06. The van der Waals surface area contributed by atoms with Gasteiger partial charge >= 0.3 is 0 Å². The van der Waals surface area contributed by atoms with Crippen molar-refractivity contribution in [1.82, 2.24) is 4.90 Å². The molecule has 1 aliphatic rings. The average Bonchev–Trinajstić information content (AvgIpc) is 2.56. The van der Waals surface area contributed by atoms with Gasteiger partial charge in [0.15, 0.2) is 0 Å². The van der Waals surface area contributed by atoms with Gasteiger partial charge in [-0.3, -0.25) is 4.99 Å². The summed E-state index contributed by atoms with van der Waals surface area (Å²) in [5.74, 6) is 0. The van der Waals surface area contributed by atoms with Gasteiger partial charge in [-0.2, -0.15) is 0 Å². The fourth-order valence-corrected chi connectivity index (χ4v) is 2.65. The minimum Gasteiger partial charge on any atom is -0.306 e. The fourth-order valence-electron chi connectivity index (χ4n) is 2.00. The van der Waals surface area contributed by atoms with E-state index in [9.17, 15) is 0 Å². The molecule has 0 fully saturated rings. The van der Waals surface area contributed by atoms with Crippen molar-refractivity contribution in [3.63, 3.8) is 0 Å². The third kappa shape index (κ3) is 6.06. The monoisotopic (exact) mass is 306 g/mol. The number of rotatable bonds is 6. The molecular formula is C18H30N2S. The molecule has 0 saturated carbocycles. The molecule has 0 atom stereocenters. The average molecular weight is 307 g/mol. The van der Waals surface area contributed by atoms with Crippen LogP contribution in [0.5, 0.6) is 0 Å². The largest absolute Gasteiger partial charge is 0.306 e. The van der Waals surface area contributed by atoms with E-state index in [1.807, 2.05) is 27.0 Å². The molecule has 1 aliphatic carbocycles. The van der Waals surface area contributed by atoms with Crippen molar-refractivity contribution in [2.75, 3.05) is 33.4 Å². The van der Waals surface area contributed by atoms with Crippen LogP contribution in [0.2, 0.25) is 0 Å². The zero-order valence-corrected chi connectivity index (χ0v) is 15.3. The van der Waals surface area contributed by atoms with Gasteiger partial charge in [0, 0.05) is 24.1 Å². The first-order valence-corrected chi connectivity index (χ1v) is 8.84. The Kier molecular flexibility index (Phi) is 11.0. The molecular weight excluding hydrogens is 276 g/mol. The molecule has 3 heteroatoms. The predicted octanol–water partition coefficient (Wildman–Crippen LogP) is 4.72. The highest BCUT2D eigenvalue weighted by molar-refractivity contribution is 8.02. The molecule has 0 spiro atoms. The van der Waals surface area contributed by atoms with E-state index in [2.05, 4.69) is 54.9 Å².